The quantitative estimate of drug-likeness (QED) is 0.646. The second-order valence-electron chi connectivity index (χ2n) is 9.47. The van der Waals surface area contributed by atoms with Crippen molar-refractivity contribution in [2.75, 3.05) is 24.5 Å². The molecule has 182 valence electrons. The van der Waals surface area contributed by atoms with Gasteiger partial charge in [0.25, 0.3) is 5.91 Å². The van der Waals surface area contributed by atoms with Crippen LogP contribution in [0, 0.1) is 11.8 Å². The molecule has 8 nitrogen and oxygen atoms in total. The van der Waals surface area contributed by atoms with Crippen LogP contribution in [0.2, 0.25) is 0 Å². The number of anilines is 1. The number of nitrogens with one attached hydrogen (secondary N) is 1. The molecule has 2 aromatic rings. The summed E-state index contributed by atoms with van der Waals surface area (Å²) in [6, 6.07) is 16.3. The van der Waals surface area contributed by atoms with Crippen LogP contribution in [-0.2, 0) is 31.3 Å². The normalized spacial score (nSPS) is 27.1. The predicted molar refractivity (Wildman–Crippen MR) is 130 cm³/mol. The van der Waals surface area contributed by atoms with Crippen LogP contribution in [0.1, 0.15) is 31.9 Å². The molecule has 4 amide bonds. The summed E-state index contributed by atoms with van der Waals surface area (Å²) >= 11 is 0. The van der Waals surface area contributed by atoms with Gasteiger partial charge in [-0.15, -0.1) is 0 Å². The first-order valence-electron chi connectivity index (χ1n) is 12.2. The molecule has 0 aliphatic carbocycles. The molecular weight excluding hydrogens is 444 g/mol. The Morgan fingerprint density at radius 1 is 0.943 bits per heavy atom. The molecule has 1 N–H and O–H groups in total. The molecule has 3 heterocycles. The van der Waals surface area contributed by atoms with E-state index in [0.29, 0.717) is 24.3 Å². The van der Waals surface area contributed by atoms with E-state index < -0.39 is 17.4 Å². The fraction of sp³-hybridized carbons (Fsp3) is 0.407. The second-order valence-corrected chi connectivity index (χ2v) is 9.47. The molecule has 2 saturated heterocycles. The van der Waals surface area contributed by atoms with Crippen molar-refractivity contribution in [3.63, 3.8) is 0 Å². The lowest BCUT2D eigenvalue weighted by Crippen LogP contribution is -2.55. The Morgan fingerprint density at radius 3 is 2.29 bits per heavy atom. The summed E-state index contributed by atoms with van der Waals surface area (Å²) in [6.45, 7) is 6.81. The predicted octanol–water partition coefficient (Wildman–Crippen LogP) is 1.89. The van der Waals surface area contributed by atoms with E-state index >= 15 is 0 Å². The fourth-order valence-corrected chi connectivity index (χ4v) is 6.06. The van der Waals surface area contributed by atoms with Gasteiger partial charge in [0.2, 0.25) is 17.7 Å². The number of benzene rings is 2. The zero-order valence-electron chi connectivity index (χ0n) is 20.2. The van der Waals surface area contributed by atoms with E-state index in [0.717, 1.165) is 5.56 Å². The van der Waals surface area contributed by atoms with Crippen molar-refractivity contribution in [2.45, 2.75) is 38.9 Å². The molecule has 0 aromatic heterocycles. The molecule has 2 fully saturated rings. The molecule has 3 aliphatic rings. The summed E-state index contributed by atoms with van der Waals surface area (Å²) in [5, 5.41) is 3.36. The number of amides is 4. The van der Waals surface area contributed by atoms with E-state index in [-0.39, 0.29) is 42.8 Å². The van der Waals surface area contributed by atoms with Gasteiger partial charge in [-0.25, -0.2) is 0 Å². The topological polar surface area (TPSA) is 90.0 Å². The molecular formula is C27H30N4O4. The van der Waals surface area contributed by atoms with Crippen LogP contribution in [0.15, 0.2) is 54.6 Å². The first-order chi connectivity index (χ1) is 16.8. The van der Waals surface area contributed by atoms with E-state index in [1.807, 2.05) is 69.3 Å². The molecule has 2 aromatic carbocycles. The van der Waals surface area contributed by atoms with Gasteiger partial charge in [0.15, 0.2) is 0 Å². The van der Waals surface area contributed by atoms with Crippen LogP contribution in [0.3, 0.4) is 0 Å². The van der Waals surface area contributed by atoms with Crippen molar-refractivity contribution < 1.29 is 19.2 Å². The highest BCUT2D eigenvalue weighted by molar-refractivity contribution is 6.17. The van der Waals surface area contributed by atoms with Crippen molar-refractivity contribution in [1.82, 2.24) is 15.1 Å². The molecule has 1 spiro atoms. The fourth-order valence-electron chi connectivity index (χ4n) is 6.06. The number of hydrogen-bond acceptors (Lipinski definition) is 5. The van der Waals surface area contributed by atoms with E-state index in [1.54, 1.807) is 11.0 Å². The summed E-state index contributed by atoms with van der Waals surface area (Å²) in [7, 11) is 0. The van der Waals surface area contributed by atoms with Gasteiger partial charge in [-0.2, -0.15) is 0 Å². The molecule has 35 heavy (non-hydrogen) atoms. The summed E-state index contributed by atoms with van der Waals surface area (Å²) in [5.41, 5.74) is 0.746. The maximum Gasteiger partial charge on any atom is 0.253 e. The van der Waals surface area contributed by atoms with Crippen molar-refractivity contribution in [2.24, 2.45) is 11.8 Å². The Balaban J connectivity index is 1.54. The highest BCUT2D eigenvalue weighted by Crippen LogP contribution is 2.54. The van der Waals surface area contributed by atoms with Crippen molar-refractivity contribution in [3.05, 3.63) is 65.7 Å². The smallest absolute Gasteiger partial charge is 0.253 e. The summed E-state index contributed by atoms with van der Waals surface area (Å²) in [4.78, 5) is 58.9. The van der Waals surface area contributed by atoms with Gasteiger partial charge >= 0.3 is 0 Å². The number of imide groups is 1. The van der Waals surface area contributed by atoms with E-state index in [4.69, 9.17) is 0 Å². The van der Waals surface area contributed by atoms with Crippen LogP contribution < -0.4 is 10.2 Å². The summed E-state index contributed by atoms with van der Waals surface area (Å²) < 4.78 is 0. The van der Waals surface area contributed by atoms with Crippen LogP contribution in [0.25, 0.3) is 0 Å². The highest BCUT2D eigenvalue weighted by Gasteiger charge is 2.70. The van der Waals surface area contributed by atoms with Gasteiger partial charge in [0.05, 0.1) is 18.4 Å². The Hall–Kier alpha value is -3.52. The molecule has 0 unspecified atom stereocenters. The van der Waals surface area contributed by atoms with Gasteiger partial charge < -0.3 is 9.80 Å². The number of nitrogens with zero attached hydrogens (tertiary/aromatic N) is 3. The minimum absolute atomic E-state index is 0.109. The lowest BCUT2D eigenvalue weighted by Gasteiger charge is -2.30. The minimum atomic E-state index is -1.37. The summed E-state index contributed by atoms with van der Waals surface area (Å²) in [5.74, 6) is -2.62. The van der Waals surface area contributed by atoms with Gasteiger partial charge in [0.1, 0.15) is 12.1 Å². The zero-order valence-corrected chi connectivity index (χ0v) is 20.2. The number of likely N-dealkylation sites (tertiary alicyclic amines) is 1. The standard InChI is InChI=1S/C27H30N4O4/c1-4-29(5-2)21(32)16-30-20-14-10-9-13-19(20)27(26(30)35)23-22(17(3)28-27)24(33)31(25(23)34)15-18-11-7-6-8-12-18/h6-14,17,22-23,28H,4-5,15-16H2,1-3H3/t17-,22+,23+,27-/m0/s1. The maximum absolute atomic E-state index is 14.1. The van der Waals surface area contributed by atoms with Crippen molar-refractivity contribution >= 4 is 29.3 Å². The molecule has 0 radical (unpaired) electrons. The van der Waals surface area contributed by atoms with Gasteiger partial charge in [0, 0.05) is 30.4 Å². The Labute approximate surface area is 204 Å². The second kappa shape index (κ2) is 8.61. The number of carbonyl (C=O) groups excluding carboxylic acids is 4. The number of fused-ring (bicyclic) bond motifs is 4. The van der Waals surface area contributed by atoms with Gasteiger partial charge in [-0.05, 0) is 32.4 Å². The third-order valence-electron chi connectivity index (χ3n) is 7.70. The monoisotopic (exact) mass is 474 g/mol. The Morgan fingerprint density at radius 2 is 1.60 bits per heavy atom. The van der Waals surface area contributed by atoms with Gasteiger partial charge in [-0.1, -0.05) is 48.5 Å². The average molecular weight is 475 g/mol. The molecule has 0 saturated carbocycles. The van der Waals surface area contributed by atoms with E-state index in [9.17, 15) is 19.2 Å². The van der Waals surface area contributed by atoms with Gasteiger partial charge in [-0.3, -0.25) is 29.4 Å². The minimum Gasteiger partial charge on any atom is -0.342 e. The first-order valence-corrected chi connectivity index (χ1v) is 12.2. The number of para-hydroxylation sites is 1. The summed E-state index contributed by atoms with van der Waals surface area (Å²) in [6.07, 6.45) is 0. The lowest BCUT2D eigenvalue weighted by atomic mass is 9.76. The largest absolute Gasteiger partial charge is 0.342 e. The molecule has 5 rings (SSSR count). The number of carbonyl (C=O) groups is 4. The maximum atomic E-state index is 14.1. The van der Waals surface area contributed by atoms with Crippen LogP contribution >= 0.6 is 0 Å². The Kier molecular flexibility index (Phi) is 5.71. The molecule has 0 bridgehead atoms. The average Bonchev–Trinajstić information content (AvgIpc) is 3.40. The van der Waals surface area contributed by atoms with Crippen molar-refractivity contribution in [1.29, 1.82) is 0 Å². The molecule has 3 aliphatic heterocycles. The molecule has 8 heteroatoms. The number of rotatable bonds is 6. The Bertz CT molecular complexity index is 1190. The van der Waals surface area contributed by atoms with Crippen molar-refractivity contribution in [3.8, 4) is 0 Å². The van der Waals surface area contributed by atoms with E-state index in [2.05, 4.69) is 5.32 Å². The zero-order chi connectivity index (χ0) is 24.9. The third-order valence-corrected chi connectivity index (χ3v) is 7.70. The van der Waals surface area contributed by atoms with Crippen LogP contribution in [0.5, 0.6) is 0 Å². The SMILES string of the molecule is CCN(CC)C(=O)CN1C(=O)[C@]2(N[C@@H](C)[C@H]3C(=O)N(Cc4ccccc4)C(=O)[C@@H]32)c2ccccc21. The highest BCUT2D eigenvalue weighted by atomic mass is 16.2. The number of hydrogen-bond donors (Lipinski definition) is 1. The third kappa shape index (κ3) is 3.31. The molecule has 4 atom stereocenters. The first kappa shape index (κ1) is 23.2. The van der Waals surface area contributed by atoms with Crippen LogP contribution in [0.4, 0.5) is 5.69 Å². The van der Waals surface area contributed by atoms with Crippen LogP contribution in [-0.4, -0.2) is 59.1 Å². The number of likely N-dealkylation sites (N-methyl/N-ethyl adjacent to an activating group) is 1. The lowest BCUT2D eigenvalue weighted by molar-refractivity contribution is -0.143. The van der Waals surface area contributed by atoms with E-state index in [1.165, 1.54) is 9.80 Å².